The lowest BCUT2D eigenvalue weighted by molar-refractivity contribution is -0.117. The Morgan fingerprint density at radius 1 is 1.16 bits per heavy atom. The molecule has 1 amide bonds. The number of primary sulfonamides is 1. The molecule has 6 nitrogen and oxygen atoms in total. The van der Waals surface area contributed by atoms with Crippen molar-refractivity contribution >= 4 is 27.3 Å². The molecule has 3 atom stereocenters. The second-order valence-corrected chi connectivity index (χ2v) is 11.2. The van der Waals surface area contributed by atoms with Crippen LogP contribution in [-0.2, 0) is 14.8 Å². The summed E-state index contributed by atoms with van der Waals surface area (Å²) in [5, 5.41) is 11.9. The SMILES string of the molecule is CC(C)(C)CC(=O)Nc1ccc(C2Nc3ccc(S(N)(=O)=O)cc3C3C=CCC32)cc1. The zero-order valence-corrected chi connectivity index (χ0v) is 18.9. The molecule has 0 radical (unpaired) electrons. The lowest BCUT2D eigenvalue weighted by Gasteiger charge is -2.37. The van der Waals surface area contributed by atoms with E-state index in [4.69, 9.17) is 5.14 Å². The molecular weight excluding hydrogens is 410 g/mol. The minimum atomic E-state index is -3.74. The second kappa shape index (κ2) is 7.80. The first-order chi connectivity index (χ1) is 14.5. The first kappa shape index (κ1) is 21.6. The molecule has 164 valence electrons. The molecule has 3 unspecified atom stereocenters. The molecule has 2 aliphatic rings. The van der Waals surface area contributed by atoms with Crippen molar-refractivity contribution in [3.8, 4) is 0 Å². The number of anilines is 2. The van der Waals surface area contributed by atoms with E-state index in [-0.39, 0.29) is 34.1 Å². The molecule has 0 bridgehead atoms. The molecule has 0 spiro atoms. The molecule has 31 heavy (non-hydrogen) atoms. The summed E-state index contributed by atoms with van der Waals surface area (Å²) in [6.45, 7) is 6.13. The third-order valence-corrected chi connectivity index (χ3v) is 6.82. The van der Waals surface area contributed by atoms with Crippen LogP contribution in [-0.4, -0.2) is 14.3 Å². The molecule has 2 aromatic carbocycles. The van der Waals surface area contributed by atoms with Crippen LogP contribution in [0.3, 0.4) is 0 Å². The number of hydrogen-bond donors (Lipinski definition) is 3. The van der Waals surface area contributed by atoms with Gasteiger partial charge in [-0.3, -0.25) is 4.79 Å². The summed E-state index contributed by atoms with van der Waals surface area (Å²) in [6, 6.07) is 13.1. The summed E-state index contributed by atoms with van der Waals surface area (Å²) in [7, 11) is -3.74. The van der Waals surface area contributed by atoms with Gasteiger partial charge in [0.25, 0.3) is 0 Å². The minimum Gasteiger partial charge on any atom is -0.378 e. The summed E-state index contributed by atoms with van der Waals surface area (Å²) >= 11 is 0. The smallest absolute Gasteiger partial charge is 0.238 e. The lowest BCUT2D eigenvalue weighted by Crippen LogP contribution is -2.29. The van der Waals surface area contributed by atoms with Crippen molar-refractivity contribution in [1.29, 1.82) is 0 Å². The van der Waals surface area contributed by atoms with E-state index >= 15 is 0 Å². The summed E-state index contributed by atoms with van der Waals surface area (Å²) in [5.74, 6) is 0.425. The summed E-state index contributed by atoms with van der Waals surface area (Å²) < 4.78 is 23.6. The van der Waals surface area contributed by atoms with Gasteiger partial charge in [0.15, 0.2) is 0 Å². The molecule has 4 rings (SSSR count). The first-order valence-electron chi connectivity index (χ1n) is 10.5. The van der Waals surface area contributed by atoms with Crippen molar-refractivity contribution in [1.82, 2.24) is 0 Å². The van der Waals surface area contributed by atoms with E-state index in [1.165, 1.54) is 0 Å². The van der Waals surface area contributed by atoms with Crippen LogP contribution in [0.1, 0.15) is 56.7 Å². The maximum atomic E-state index is 12.2. The molecule has 4 N–H and O–H groups in total. The predicted molar refractivity (Wildman–Crippen MR) is 123 cm³/mol. The topological polar surface area (TPSA) is 101 Å². The van der Waals surface area contributed by atoms with Crippen molar-refractivity contribution < 1.29 is 13.2 Å². The number of nitrogens with two attached hydrogens (primary N) is 1. The number of carbonyl (C=O) groups is 1. The van der Waals surface area contributed by atoms with Gasteiger partial charge in [-0.05, 0) is 59.2 Å². The summed E-state index contributed by atoms with van der Waals surface area (Å²) in [6.07, 6.45) is 5.69. The van der Waals surface area contributed by atoms with Gasteiger partial charge >= 0.3 is 0 Å². The van der Waals surface area contributed by atoms with Gasteiger partial charge in [0.2, 0.25) is 15.9 Å². The highest BCUT2D eigenvalue weighted by molar-refractivity contribution is 7.89. The monoisotopic (exact) mass is 439 g/mol. The molecule has 1 heterocycles. The van der Waals surface area contributed by atoms with Crippen LogP contribution in [0.15, 0.2) is 59.5 Å². The lowest BCUT2D eigenvalue weighted by atomic mass is 9.77. The molecular formula is C24H29N3O3S. The maximum absolute atomic E-state index is 12.2. The van der Waals surface area contributed by atoms with E-state index in [1.54, 1.807) is 18.2 Å². The fraction of sp³-hybridized carbons (Fsp3) is 0.375. The third-order valence-electron chi connectivity index (χ3n) is 5.91. The van der Waals surface area contributed by atoms with Crippen LogP contribution in [0.4, 0.5) is 11.4 Å². The van der Waals surface area contributed by atoms with Gasteiger partial charge < -0.3 is 10.6 Å². The van der Waals surface area contributed by atoms with Crippen LogP contribution in [0.25, 0.3) is 0 Å². The summed E-state index contributed by atoms with van der Waals surface area (Å²) in [4.78, 5) is 12.4. The minimum absolute atomic E-state index is 0.00989. The molecule has 0 fully saturated rings. The Balaban J connectivity index is 1.57. The van der Waals surface area contributed by atoms with Crippen molar-refractivity contribution in [2.75, 3.05) is 10.6 Å². The molecule has 7 heteroatoms. The second-order valence-electron chi connectivity index (χ2n) is 9.68. The Kier molecular flexibility index (Phi) is 5.43. The number of amides is 1. The van der Waals surface area contributed by atoms with E-state index in [0.717, 1.165) is 28.9 Å². The van der Waals surface area contributed by atoms with Crippen LogP contribution in [0.2, 0.25) is 0 Å². The number of nitrogens with one attached hydrogen (secondary N) is 2. The van der Waals surface area contributed by atoms with Crippen molar-refractivity contribution in [2.24, 2.45) is 16.5 Å². The number of hydrogen-bond acceptors (Lipinski definition) is 4. The zero-order valence-electron chi connectivity index (χ0n) is 18.1. The zero-order chi connectivity index (χ0) is 22.4. The Bertz CT molecular complexity index is 1130. The fourth-order valence-corrected chi connectivity index (χ4v) is 5.09. The Morgan fingerprint density at radius 2 is 1.87 bits per heavy atom. The van der Waals surface area contributed by atoms with Crippen molar-refractivity contribution in [3.63, 3.8) is 0 Å². The van der Waals surface area contributed by atoms with E-state index in [2.05, 4.69) is 22.8 Å². The van der Waals surface area contributed by atoms with Gasteiger partial charge in [0.05, 0.1) is 10.9 Å². The van der Waals surface area contributed by atoms with Crippen LogP contribution >= 0.6 is 0 Å². The number of carbonyl (C=O) groups excluding carboxylic acids is 1. The van der Waals surface area contributed by atoms with Crippen molar-refractivity contribution in [3.05, 3.63) is 65.7 Å². The highest BCUT2D eigenvalue weighted by Crippen LogP contribution is 2.50. The normalized spacial score (nSPS) is 22.4. The predicted octanol–water partition coefficient (Wildman–Crippen LogP) is 4.54. The molecule has 0 aromatic heterocycles. The molecule has 2 aromatic rings. The van der Waals surface area contributed by atoms with Gasteiger partial charge in [0, 0.05) is 23.7 Å². The molecule has 0 saturated heterocycles. The average Bonchev–Trinajstić information content (AvgIpc) is 3.15. The van der Waals surface area contributed by atoms with E-state index < -0.39 is 10.0 Å². The average molecular weight is 440 g/mol. The highest BCUT2D eigenvalue weighted by Gasteiger charge is 2.38. The molecule has 1 aliphatic carbocycles. The number of rotatable bonds is 4. The van der Waals surface area contributed by atoms with E-state index in [9.17, 15) is 13.2 Å². The summed E-state index contributed by atoms with van der Waals surface area (Å²) in [5.41, 5.74) is 3.75. The number of fused-ring (bicyclic) bond motifs is 3. The quantitative estimate of drug-likeness (QED) is 0.609. The number of allylic oxidation sites excluding steroid dienone is 2. The Labute approximate surface area is 184 Å². The number of benzene rings is 2. The van der Waals surface area contributed by atoms with Crippen LogP contribution < -0.4 is 15.8 Å². The largest absolute Gasteiger partial charge is 0.378 e. The molecule has 1 aliphatic heterocycles. The number of sulfonamides is 1. The fourth-order valence-electron chi connectivity index (χ4n) is 4.54. The first-order valence-corrected chi connectivity index (χ1v) is 12.1. The maximum Gasteiger partial charge on any atom is 0.238 e. The molecule has 0 saturated carbocycles. The van der Waals surface area contributed by atoms with Gasteiger partial charge in [-0.15, -0.1) is 0 Å². The standard InChI is InChI=1S/C24H29N3O3S/c1-24(2,3)14-22(28)26-16-9-7-15(8-10-16)23-19-6-4-5-18(19)20-13-17(31(25,29)30)11-12-21(20)27-23/h4-5,7-13,18-19,23,27H,6,14H2,1-3H3,(H,26,28)(H2,25,29,30). The van der Waals surface area contributed by atoms with Crippen molar-refractivity contribution in [2.45, 2.75) is 50.5 Å². The van der Waals surface area contributed by atoms with Crippen LogP contribution in [0.5, 0.6) is 0 Å². The van der Waals surface area contributed by atoms with Gasteiger partial charge in [-0.25, -0.2) is 13.6 Å². The third kappa shape index (κ3) is 4.67. The highest BCUT2D eigenvalue weighted by atomic mass is 32.2. The van der Waals surface area contributed by atoms with Crippen LogP contribution in [0, 0.1) is 11.3 Å². The van der Waals surface area contributed by atoms with Gasteiger partial charge in [0.1, 0.15) is 0 Å². The van der Waals surface area contributed by atoms with Gasteiger partial charge in [-0.2, -0.15) is 0 Å². The Morgan fingerprint density at radius 3 is 2.52 bits per heavy atom. The van der Waals surface area contributed by atoms with E-state index in [1.807, 2.05) is 45.0 Å². The van der Waals surface area contributed by atoms with Gasteiger partial charge in [-0.1, -0.05) is 45.1 Å². The Hall–Kier alpha value is -2.64. The van der Waals surface area contributed by atoms with E-state index in [0.29, 0.717) is 6.42 Å².